The summed E-state index contributed by atoms with van der Waals surface area (Å²) >= 11 is 3.49. The molecule has 2 aromatic rings. The van der Waals surface area contributed by atoms with Crippen molar-refractivity contribution in [2.24, 2.45) is 0 Å². The topological polar surface area (TPSA) is 51.5 Å². The molecule has 0 aliphatic carbocycles. The van der Waals surface area contributed by atoms with Crippen LogP contribution in [0.1, 0.15) is 26.3 Å². The molecule has 19 heavy (non-hydrogen) atoms. The summed E-state index contributed by atoms with van der Waals surface area (Å²) in [7, 11) is 1.50. The Bertz CT molecular complexity index is 625. The summed E-state index contributed by atoms with van der Waals surface area (Å²) in [6.45, 7) is 6.32. The van der Waals surface area contributed by atoms with Crippen LogP contribution in [0, 0.1) is 0 Å². The molecular weight excluding hydrogens is 310 g/mol. The fourth-order valence-electron chi connectivity index (χ4n) is 1.84. The predicted molar refractivity (Wildman–Crippen MR) is 77.7 cm³/mol. The Morgan fingerprint density at radius 2 is 2.00 bits per heavy atom. The van der Waals surface area contributed by atoms with E-state index in [9.17, 15) is 4.79 Å². The van der Waals surface area contributed by atoms with Gasteiger partial charge in [-0.3, -0.25) is 0 Å². The number of fused-ring (bicyclic) bond motifs is 1. The van der Waals surface area contributed by atoms with E-state index in [2.05, 4.69) is 42.0 Å². The average Bonchev–Trinajstić information content (AvgIpc) is 2.68. The third kappa shape index (κ3) is 2.92. The molecule has 1 aromatic heterocycles. The number of rotatable bonds is 1. The first-order valence-electron chi connectivity index (χ1n) is 5.94. The molecule has 0 fully saturated rings. The molecule has 0 bridgehead atoms. The molecule has 0 aliphatic rings. The molecule has 1 N–H and O–H groups in total. The molecule has 1 aromatic carbocycles. The van der Waals surface area contributed by atoms with Crippen molar-refractivity contribution in [1.29, 1.82) is 0 Å². The highest BCUT2D eigenvalue weighted by atomic mass is 79.9. The van der Waals surface area contributed by atoms with Crippen molar-refractivity contribution in [3.8, 4) is 5.95 Å². The van der Waals surface area contributed by atoms with E-state index < -0.39 is 6.09 Å². The van der Waals surface area contributed by atoms with Gasteiger partial charge >= 0.3 is 6.09 Å². The second kappa shape index (κ2) is 4.89. The largest absolute Gasteiger partial charge is 0.425 e. The SMILES string of the molecule is CNC(=O)Oc1cc2cc(Br)cc(C(C)(C)C)c2o1. The maximum Gasteiger partial charge on any atom is 0.414 e. The van der Waals surface area contributed by atoms with E-state index in [1.54, 1.807) is 6.07 Å². The van der Waals surface area contributed by atoms with Gasteiger partial charge in [0, 0.05) is 28.5 Å². The Morgan fingerprint density at radius 3 is 2.58 bits per heavy atom. The standard InChI is InChI=1S/C14H16BrNO3/c1-14(2,3)10-7-9(15)5-8-6-11(18-12(8)10)19-13(17)16-4/h5-7H,1-4H3,(H,16,17). The van der Waals surface area contributed by atoms with Crippen molar-refractivity contribution < 1.29 is 13.9 Å². The van der Waals surface area contributed by atoms with Crippen LogP contribution in [0.25, 0.3) is 11.0 Å². The third-order valence-corrected chi connectivity index (χ3v) is 3.22. The van der Waals surface area contributed by atoms with Crippen LogP contribution in [0.5, 0.6) is 5.95 Å². The van der Waals surface area contributed by atoms with Crippen molar-refractivity contribution in [3.05, 3.63) is 28.2 Å². The Kier molecular flexibility index (Phi) is 3.58. The maximum atomic E-state index is 11.2. The number of nitrogens with one attached hydrogen (secondary N) is 1. The zero-order chi connectivity index (χ0) is 14.2. The van der Waals surface area contributed by atoms with Crippen LogP contribution >= 0.6 is 15.9 Å². The van der Waals surface area contributed by atoms with Crippen LogP contribution in [0.15, 0.2) is 27.1 Å². The van der Waals surface area contributed by atoms with Gasteiger partial charge in [-0.05, 0) is 17.5 Å². The van der Waals surface area contributed by atoms with E-state index in [-0.39, 0.29) is 11.4 Å². The van der Waals surface area contributed by atoms with Gasteiger partial charge in [-0.25, -0.2) is 4.79 Å². The highest BCUT2D eigenvalue weighted by Gasteiger charge is 2.21. The number of benzene rings is 1. The van der Waals surface area contributed by atoms with E-state index in [0.29, 0.717) is 0 Å². The van der Waals surface area contributed by atoms with Gasteiger partial charge in [0.25, 0.3) is 5.95 Å². The summed E-state index contributed by atoms with van der Waals surface area (Å²) < 4.78 is 11.6. The van der Waals surface area contributed by atoms with Crippen LogP contribution < -0.4 is 10.1 Å². The van der Waals surface area contributed by atoms with Crippen molar-refractivity contribution in [1.82, 2.24) is 5.32 Å². The minimum atomic E-state index is -0.546. The Hall–Kier alpha value is -1.49. The molecule has 0 atom stereocenters. The maximum absolute atomic E-state index is 11.2. The molecule has 4 nitrogen and oxygen atoms in total. The molecule has 1 amide bonds. The average molecular weight is 326 g/mol. The van der Waals surface area contributed by atoms with Crippen LogP contribution in [-0.2, 0) is 5.41 Å². The van der Waals surface area contributed by atoms with Crippen LogP contribution in [0.3, 0.4) is 0 Å². The zero-order valence-electron chi connectivity index (χ0n) is 11.3. The second-order valence-electron chi connectivity index (χ2n) is 5.33. The lowest BCUT2D eigenvalue weighted by Crippen LogP contribution is -2.21. The molecule has 0 saturated carbocycles. The van der Waals surface area contributed by atoms with Gasteiger partial charge in [0.1, 0.15) is 5.58 Å². The van der Waals surface area contributed by atoms with Crippen LogP contribution in [-0.4, -0.2) is 13.1 Å². The molecule has 0 unspecified atom stereocenters. The Morgan fingerprint density at radius 1 is 1.32 bits per heavy atom. The molecule has 1 heterocycles. The molecule has 5 heteroatoms. The Balaban J connectivity index is 2.55. The number of hydrogen-bond acceptors (Lipinski definition) is 3. The fourth-order valence-corrected chi connectivity index (χ4v) is 2.32. The summed E-state index contributed by atoms with van der Waals surface area (Å²) in [5.74, 6) is 0.193. The van der Waals surface area contributed by atoms with Crippen molar-refractivity contribution >= 4 is 33.0 Å². The molecule has 0 aliphatic heterocycles. The summed E-state index contributed by atoms with van der Waals surface area (Å²) in [6, 6.07) is 5.67. The minimum Gasteiger partial charge on any atom is -0.425 e. The first-order valence-corrected chi connectivity index (χ1v) is 6.73. The fraction of sp³-hybridized carbons (Fsp3) is 0.357. The molecule has 102 valence electrons. The number of hydrogen-bond donors (Lipinski definition) is 1. The normalized spacial score (nSPS) is 11.6. The van der Waals surface area contributed by atoms with E-state index in [0.717, 1.165) is 21.0 Å². The number of halogens is 1. The number of carbonyl (C=O) groups excluding carboxylic acids is 1. The zero-order valence-corrected chi connectivity index (χ0v) is 12.9. The lowest BCUT2D eigenvalue weighted by atomic mass is 9.86. The lowest BCUT2D eigenvalue weighted by molar-refractivity contribution is 0.191. The van der Waals surface area contributed by atoms with Gasteiger partial charge in [-0.2, -0.15) is 0 Å². The number of ether oxygens (including phenoxy) is 1. The molecule has 0 saturated heterocycles. The second-order valence-corrected chi connectivity index (χ2v) is 6.24. The van der Waals surface area contributed by atoms with Gasteiger partial charge in [-0.1, -0.05) is 36.7 Å². The summed E-state index contributed by atoms with van der Waals surface area (Å²) in [5.41, 5.74) is 1.74. The van der Waals surface area contributed by atoms with Gasteiger partial charge < -0.3 is 14.5 Å². The summed E-state index contributed by atoms with van der Waals surface area (Å²) in [5, 5.41) is 3.28. The number of carbonyl (C=O) groups is 1. The van der Waals surface area contributed by atoms with E-state index >= 15 is 0 Å². The highest BCUT2D eigenvalue weighted by Crippen LogP contribution is 2.36. The highest BCUT2D eigenvalue weighted by molar-refractivity contribution is 9.10. The van der Waals surface area contributed by atoms with E-state index in [1.165, 1.54) is 7.05 Å². The van der Waals surface area contributed by atoms with Crippen molar-refractivity contribution in [3.63, 3.8) is 0 Å². The predicted octanol–water partition coefficient (Wildman–Crippen LogP) is 4.21. The molecule has 0 radical (unpaired) electrons. The lowest BCUT2D eigenvalue weighted by Gasteiger charge is -2.19. The molecule has 2 rings (SSSR count). The summed E-state index contributed by atoms with van der Waals surface area (Å²) in [6.07, 6.45) is -0.546. The van der Waals surface area contributed by atoms with E-state index in [1.807, 2.05) is 12.1 Å². The number of furan rings is 1. The van der Waals surface area contributed by atoms with Gasteiger partial charge in [0.15, 0.2) is 0 Å². The van der Waals surface area contributed by atoms with Gasteiger partial charge in [0.05, 0.1) is 0 Å². The van der Waals surface area contributed by atoms with Gasteiger partial charge in [0.2, 0.25) is 0 Å². The molecule has 0 spiro atoms. The quantitative estimate of drug-likeness (QED) is 0.854. The minimum absolute atomic E-state index is 0.0653. The van der Waals surface area contributed by atoms with Crippen molar-refractivity contribution in [2.75, 3.05) is 7.05 Å². The van der Waals surface area contributed by atoms with Gasteiger partial charge in [-0.15, -0.1) is 0 Å². The molecular formula is C14H16BrNO3. The van der Waals surface area contributed by atoms with E-state index in [4.69, 9.17) is 9.15 Å². The Labute approximate surface area is 120 Å². The van der Waals surface area contributed by atoms with Crippen LogP contribution in [0.4, 0.5) is 4.79 Å². The van der Waals surface area contributed by atoms with Crippen LogP contribution in [0.2, 0.25) is 0 Å². The first kappa shape index (κ1) is 13.9. The van der Waals surface area contributed by atoms with Crippen molar-refractivity contribution in [2.45, 2.75) is 26.2 Å². The first-order chi connectivity index (χ1) is 8.81. The third-order valence-electron chi connectivity index (χ3n) is 2.76. The summed E-state index contributed by atoms with van der Waals surface area (Å²) in [4.78, 5) is 11.2. The monoisotopic (exact) mass is 325 g/mol. The smallest absolute Gasteiger partial charge is 0.414 e. The number of amides is 1.